The maximum absolute atomic E-state index is 5.72. The quantitative estimate of drug-likeness (QED) is 0.615. The fourth-order valence-corrected chi connectivity index (χ4v) is 3.40. The van der Waals surface area contributed by atoms with Gasteiger partial charge in [-0.1, -0.05) is 60.7 Å². The molecule has 1 aliphatic rings. The van der Waals surface area contributed by atoms with Crippen LogP contribution in [0.4, 0.5) is 11.8 Å². The van der Waals surface area contributed by atoms with E-state index in [0.717, 1.165) is 43.1 Å². The van der Waals surface area contributed by atoms with Crippen LogP contribution in [0.3, 0.4) is 0 Å². The van der Waals surface area contributed by atoms with Crippen LogP contribution in [0.25, 0.3) is 11.3 Å². The first-order chi connectivity index (χ1) is 13.8. The van der Waals surface area contributed by atoms with Gasteiger partial charge in [-0.3, -0.25) is 0 Å². The van der Waals surface area contributed by atoms with Gasteiger partial charge in [0.25, 0.3) is 0 Å². The summed E-state index contributed by atoms with van der Waals surface area (Å²) in [5.41, 5.74) is 3.17. The van der Waals surface area contributed by atoms with Gasteiger partial charge in [0, 0.05) is 24.8 Å². The minimum Gasteiger partial charge on any atom is -0.376 e. The zero-order chi connectivity index (χ0) is 19.2. The van der Waals surface area contributed by atoms with Crippen LogP contribution in [0.1, 0.15) is 31.4 Å². The zero-order valence-corrected chi connectivity index (χ0v) is 16.1. The molecule has 0 bridgehead atoms. The monoisotopic (exact) mass is 374 g/mol. The van der Waals surface area contributed by atoms with Gasteiger partial charge in [-0.05, 0) is 25.3 Å². The average molecular weight is 374 g/mol. The summed E-state index contributed by atoms with van der Waals surface area (Å²) in [7, 11) is 0. The van der Waals surface area contributed by atoms with Crippen molar-refractivity contribution in [1.82, 2.24) is 9.97 Å². The highest BCUT2D eigenvalue weighted by Crippen LogP contribution is 2.24. The van der Waals surface area contributed by atoms with Crippen molar-refractivity contribution in [2.24, 2.45) is 0 Å². The summed E-state index contributed by atoms with van der Waals surface area (Å²) in [5.74, 6) is 1.43. The predicted molar refractivity (Wildman–Crippen MR) is 113 cm³/mol. The van der Waals surface area contributed by atoms with E-state index in [0.29, 0.717) is 5.95 Å². The van der Waals surface area contributed by atoms with Gasteiger partial charge in [0.05, 0.1) is 17.8 Å². The van der Waals surface area contributed by atoms with Gasteiger partial charge in [0.15, 0.2) is 0 Å². The first-order valence-electron chi connectivity index (χ1n) is 9.89. The number of ether oxygens (including phenoxy) is 1. The number of hydrogen-bond donors (Lipinski definition) is 2. The van der Waals surface area contributed by atoms with Crippen molar-refractivity contribution in [1.29, 1.82) is 0 Å². The second-order valence-corrected chi connectivity index (χ2v) is 7.12. The van der Waals surface area contributed by atoms with Gasteiger partial charge in [0.2, 0.25) is 5.95 Å². The number of hydrogen-bond acceptors (Lipinski definition) is 5. The molecule has 5 nitrogen and oxygen atoms in total. The molecule has 0 aliphatic carbocycles. The van der Waals surface area contributed by atoms with Crippen LogP contribution < -0.4 is 10.6 Å². The van der Waals surface area contributed by atoms with E-state index in [2.05, 4.69) is 41.8 Å². The van der Waals surface area contributed by atoms with Gasteiger partial charge in [-0.2, -0.15) is 4.98 Å². The molecule has 2 unspecified atom stereocenters. The molecule has 0 spiro atoms. The summed E-state index contributed by atoms with van der Waals surface area (Å²) >= 11 is 0. The summed E-state index contributed by atoms with van der Waals surface area (Å²) in [6.07, 6.45) is 2.49. The van der Waals surface area contributed by atoms with E-state index in [1.54, 1.807) is 0 Å². The van der Waals surface area contributed by atoms with E-state index in [4.69, 9.17) is 14.7 Å². The molecule has 1 saturated heterocycles. The summed E-state index contributed by atoms with van der Waals surface area (Å²) in [6.45, 7) is 3.74. The molecule has 0 radical (unpaired) electrons. The largest absolute Gasteiger partial charge is 0.376 e. The van der Waals surface area contributed by atoms with Crippen molar-refractivity contribution in [2.75, 3.05) is 23.8 Å². The fourth-order valence-electron chi connectivity index (χ4n) is 3.40. The first kappa shape index (κ1) is 18.4. The van der Waals surface area contributed by atoms with Crippen molar-refractivity contribution in [2.45, 2.75) is 31.9 Å². The molecule has 0 saturated carbocycles. The number of nitrogens with one attached hydrogen (secondary N) is 2. The zero-order valence-electron chi connectivity index (χ0n) is 16.1. The van der Waals surface area contributed by atoms with E-state index in [1.807, 2.05) is 42.5 Å². The second kappa shape index (κ2) is 8.85. The van der Waals surface area contributed by atoms with Gasteiger partial charge in [-0.25, -0.2) is 4.98 Å². The Morgan fingerprint density at radius 2 is 1.79 bits per heavy atom. The Balaban J connectivity index is 1.57. The molecule has 2 atom stereocenters. The molecule has 28 heavy (non-hydrogen) atoms. The topological polar surface area (TPSA) is 59.1 Å². The van der Waals surface area contributed by atoms with Crippen molar-refractivity contribution >= 4 is 11.8 Å². The lowest BCUT2D eigenvalue weighted by Crippen LogP contribution is -2.19. The van der Waals surface area contributed by atoms with Crippen molar-refractivity contribution in [3.8, 4) is 11.3 Å². The Morgan fingerprint density at radius 3 is 2.50 bits per heavy atom. The highest BCUT2D eigenvalue weighted by atomic mass is 16.5. The normalized spacial score (nSPS) is 17.2. The smallest absolute Gasteiger partial charge is 0.225 e. The SMILES string of the molecule is CC(Nc1nc(NCC2CCCO2)cc(-c2ccccc2)n1)c1ccccc1. The molecule has 0 amide bonds. The molecule has 2 aromatic carbocycles. The average Bonchev–Trinajstić information content (AvgIpc) is 3.27. The van der Waals surface area contributed by atoms with Crippen LogP contribution in [0.15, 0.2) is 66.7 Å². The molecule has 1 fully saturated rings. The Hall–Kier alpha value is -2.92. The lowest BCUT2D eigenvalue weighted by molar-refractivity contribution is 0.120. The third-order valence-electron chi connectivity index (χ3n) is 4.98. The fraction of sp³-hybridized carbons (Fsp3) is 0.304. The highest BCUT2D eigenvalue weighted by Gasteiger charge is 2.16. The van der Waals surface area contributed by atoms with E-state index in [-0.39, 0.29) is 12.1 Å². The molecular formula is C23H26N4O. The summed E-state index contributed by atoms with van der Waals surface area (Å²) in [5, 5.41) is 6.88. The summed E-state index contributed by atoms with van der Waals surface area (Å²) in [6, 6.07) is 22.6. The van der Waals surface area contributed by atoms with Gasteiger partial charge in [0.1, 0.15) is 5.82 Å². The van der Waals surface area contributed by atoms with Crippen LogP contribution in [0.2, 0.25) is 0 Å². The maximum Gasteiger partial charge on any atom is 0.225 e. The highest BCUT2D eigenvalue weighted by molar-refractivity contribution is 5.64. The lowest BCUT2D eigenvalue weighted by Gasteiger charge is -2.17. The molecule has 144 valence electrons. The number of aromatic nitrogens is 2. The van der Waals surface area contributed by atoms with Crippen molar-refractivity contribution in [3.63, 3.8) is 0 Å². The van der Waals surface area contributed by atoms with Crippen LogP contribution in [-0.2, 0) is 4.74 Å². The van der Waals surface area contributed by atoms with E-state index in [9.17, 15) is 0 Å². The lowest BCUT2D eigenvalue weighted by atomic mass is 10.1. The number of nitrogens with zero attached hydrogens (tertiary/aromatic N) is 2. The number of benzene rings is 2. The number of rotatable bonds is 7. The Kier molecular flexibility index (Phi) is 5.83. The molecule has 2 N–H and O–H groups in total. The van der Waals surface area contributed by atoms with Gasteiger partial charge < -0.3 is 15.4 Å². The van der Waals surface area contributed by atoms with Crippen LogP contribution in [0.5, 0.6) is 0 Å². The second-order valence-electron chi connectivity index (χ2n) is 7.12. The third kappa shape index (κ3) is 4.67. The van der Waals surface area contributed by atoms with Crippen LogP contribution in [0, 0.1) is 0 Å². The molecule has 1 aromatic heterocycles. The molecule has 1 aliphatic heterocycles. The number of anilines is 2. The molecule has 5 heteroatoms. The Morgan fingerprint density at radius 1 is 1.04 bits per heavy atom. The van der Waals surface area contributed by atoms with Crippen LogP contribution >= 0.6 is 0 Å². The molecular weight excluding hydrogens is 348 g/mol. The van der Waals surface area contributed by atoms with Gasteiger partial charge in [-0.15, -0.1) is 0 Å². The van der Waals surface area contributed by atoms with E-state index < -0.39 is 0 Å². The maximum atomic E-state index is 5.72. The molecule has 2 heterocycles. The van der Waals surface area contributed by atoms with Crippen LogP contribution in [-0.4, -0.2) is 29.2 Å². The predicted octanol–water partition coefficient (Wildman–Crippen LogP) is 4.91. The Bertz CT molecular complexity index is 880. The molecule has 4 rings (SSSR count). The Labute approximate surface area is 166 Å². The summed E-state index contributed by atoms with van der Waals surface area (Å²) in [4.78, 5) is 9.45. The minimum absolute atomic E-state index is 0.109. The third-order valence-corrected chi connectivity index (χ3v) is 4.98. The minimum atomic E-state index is 0.109. The standard InChI is InChI=1S/C23H26N4O/c1-17(18-9-4-2-5-10-18)25-23-26-21(19-11-6-3-7-12-19)15-22(27-23)24-16-20-13-8-14-28-20/h2-7,9-12,15,17,20H,8,13-14,16H2,1H3,(H2,24,25,26,27). The molecule has 3 aromatic rings. The first-order valence-corrected chi connectivity index (χ1v) is 9.89. The summed E-state index contributed by atoms with van der Waals surface area (Å²) < 4.78 is 5.72. The van der Waals surface area contributed by atoms with Crippen molar-refractivity contribution in [3.05, 3.63) is 72.3 Å². The van der Waals surface area contributed by atoms with Gasteiger partial charge >= 0.3 is 0 Å². The van der Waals surface area contributed by atoms with Crippen molar-refractivity contribution < 1.29 is 4.74 Å². The van der Waals surface area contributed by atoms with E-state index >= 15 is 0 Å². The van der Waals surface area contributed by atoms with E-state index in [1.165, 1.54) is 5.56 Å².